The molecule has 1 saturated heterocycles. The highest BCUT2D eigenvalue weighted by molar-refractivity contribution is 5.63. The molecule has 0 amide bonds. The molecule has 0 bridgehead atoms. The second kappa shape index (κ2) is 11.0. The minimum absolute atomic E-state index is 0.120. The molecule has 1 atom stereocenters. The molecule has 11 heteroatoms. The van der Waals surface area contributed by atoms with E-state index in [1.165, 1.54) is 6.20 Å². The van der Waals surface area contributed by atoms with Crippen LogP contribution in [0.2, 0.25) is 0 Å². The molecule has 190 valence electrons. The molecule has 1 aliphatic rings. The minimum atomic E-state index is -4.90. The van der Waals surface area contributed by atoms with Gasteiger partial charge in [0.25, 0.3) is 0 Å². The summed E-state index contributed by atoms with van der Waals surface area (Å²) in [7, 11) is 0. The van der Waals surface area contributed by atoms with Crippen LogP contribution in [0.3, 0.4) is 0 Å². The zero-order valence-corrected chi connectivity index (χ0v) is 19.9. The van der Waals surface area contributed by atoms with E-state index in [1.807, 2.05) is 13.8 Å². The van der Waals surface area contributed by atoms with Crippen molar-refractivity contribution in [2.45, 2.75) is 39.3 Å². The lowest BCUT2D eigenvalue weighted by atomic mass is 10.1. The van der Waals surface area contributed by atoms with Crippen molar-refractivity contribution in [3.05, 3.63) is 36.6 Å². The molecule has 1 fully saturated rings. The fourth-order valence-corrected chi connectivity index (χ4v) is 3.84. The fourth-order valence-electron chi connectivity index (χ4n) is 3.84. The fraction of sp³-hybridized carbons (Fsp3) is 0.500. The van der Waals surface area contributed by atoms with Gasteiger partial charge in [0.1, 0.15) is 11.9 Å². The number of aliphatic hydroxyl groups excluding tert-OH is 1. The van der Waals surface area contributed by atoms with E-state index in [4.69, 9.17) is 12.2 Å². The van der Waals surface area contributed by atoms with Crippen LogP contribution >= 0.6 is 0 Å². The number of piperazine rings is 1. The summed E-state index contributed by atoms with van der Waals surface area (Å²) in [5, 5.41) is 10.7. The minimum Gasteiger partial charge on any atom is -0.402 e. The SMILES string of the molecule is C#CCN1CCN(C(=C)CCn2cc(-c3cnc(N)c(OC(F)(F)F)c3)nc2[C@@H](O)C(C)C)CC1. The highest BCUT2D eigenvalue weighted by atomic mass is 19.4. The molecule has 0 aromatic carbocycles. The van der Waals surface area contributed by atoms with E-state index in [0.29, 0.717) is 31.0 Å². The summed E-state index contributed by atoms with van der Waals surface area (Å²) in [6, 6.07) is 1.14. The van der Waals surface area contributed by atoms with Crippen molar-refractivity contribution in [2.24, 2.45) is 5.92 Å². The van der Waals surface area contributed by atoms with Crippen LogP contribution in [0, 0.1) is 18.3 Å². The van der Waals surface area contributed by atoms with Crippen molar-refractivity contribution < 1.29 is 23.0 Å². The van der Waals surface area contributed by atoms with E-state index in [9.17, 15) is 18.3 Å². The third-order valence-electron chi connectivity index (χ3n) is 5.88. The number of rotatable bonds is 9. The number of nitrogens with two attached hydrogens (primary N) is 1. The Morgan fingerprint density at radius 2 is 2.00 bits per heavy atom. The molecule has 2 aromatic rings. The van der Waals surface area contributed by atoms with Gasteiger partial charge >= 0.3 is 6.36 Å². The molecule has 2 aromatic heterocycles. The highest BCUT2D eigenvalue weighted by Gasteiger charge is 2.32. The number of nitrogen functional groups attached to an aromatic ring is 1. The van der Waals surface area contributed by atoms with Gasteiger partial charge in [-0.1, -0.05) is 26.3 Å². The Bertz CT molecular complexity index is 1070. The third kappa shape index (κ3) is 6.90. The molecule has 0 spiro atoms. The van der Waals surface area contributed by atoms with Crippen molar-refractivity contribution >= 4 is 5.82 Å². The Morgan fingerprint density at radius 3 is 2.60 bits per heavy atom. The van der Waals surface area contributed by atoms with Crippen LogP contribution in [-0.2, 0) is 6.54 Å². The number of imidazole rings is 1. The van der Waals surface area contributed by atoms with Gasteiger partial charge in [0.2, 0.25) is 0 Å². The molecular formula is C24H31F3N6O2. The van der Waals surface area contributed by atoms with Crippen LogP contribution in [0.1, 0.15) is 32.2 Å². The van der Waals surface area contributed by atoms with E-state index in [-0.39, 0.29) is 17.3 Å². The van der Waals surface area contributed by atoms with Gasteiger partial charge in [0.05, 0.1) is 12.2 Å². The molecule has 0 aliphatic carbocycles. The summed E-state index contributed by atoms with van der Waals surface area (Å²) in [5.41, 5.74) is 7.15. The summed E-state index contributed by atoms with van der Waals surface area (Å²) >= 11 is 0. The summed E-state index contributed by atoms with van der Waals surface area (Å²) < 4.78 is 44.0. The number of nitrogens with zero attached hydrogens (tertiary/aromatic N) is 5. The average molecular weight is 493 g/mol. The number of halogens is 3. The van der Waals surface area contributed by atoms with E-state index < -0.39 is 18.2 Å². The maximum atomic E-state index is 12.7. The van der Waals surface area contributed by atoms with Crippen molar-refractivity contribution in [3.8, 4) is 29.4 Å². The van der Waals surface area contributed by atoms with E-state index in [0.717, 1.165) is 37.9 Å². The lowest BCUT2D eigenvalue weighted by molar-refractivity contribution is -0.274. The Hall–Kier alpha value is -3.23. The predicted octanol–water partition coefficient (Wildman–Crippen LogP) is 3.27. The maximum Gasteiger partial charge on any atom is 0.573 e. The lowest BCUT2D eigenvalue weighted by Crippen LogP contribution is -2.45. The number of aromatic nitrogens is 3. The first-order valence-corrected chi connectivity index (χ1v) is 11.3. The summed E-state index contributed by atoms with van der Waals surface area (Å²) in [5.74, 6) is 1.97. The molecular weight excluding hydrogens is 461 g/mol. The van der Waals surface area contributed by atoms with Crippen LogP contribution in [0.4, 0.5) is 19.0 Å². The van der Waals surface area contributed by atoms with Crippen molar-refractivity contribution in [3.63, 3.8) is 0 Å². The number of aliphatic hydroxyl groups is 1. The van der Waals surface area contributed by atoms with Gasteiger partial charge in [0.15, 0.2) is 11.6 Å². The van der Waals surface area contributed by atoms with Gasteiger partial charge in [-0.05, 0) is 12.0 Å². The van der Waals surface area contributed by atoms with Gasteiger partial charge in [-0.2, -0.15) is 0 Å². The molecule has 3 N–H and O–H groups in total. The molecule has 1 aliphatic heterocycles. The number of hydrogen-bond acceptors (Lipinski definition) is 7. The first-order chi connectivity index (χ1) is 16.5. The smallest absolute Gasteiger partial charge is 0.402 e. The van der Waals surface area contributed by atoms with E-state index >= 15 is 0 Å². The zero-order chi connectivity index (χ0) is 25.8. The summed E-state index contributed by atoms with van der Waals surface area (Å²) in [6.07, 6.45) is 3.25. The number of aryl methyl sites for hydroxylation is 1. The van der Waals surface area contributed by atoms with E-state index in [2.05, 4.69) is 37.0 Å². The maximum absolute atomic E-state index is 12.7. The molecule has 0 saturated carbocycles. The number of allylic oxidation sites excluding steroid dienone is 1. The van der Waals surface area contributed by atoms with Crippen molar-refractivity contribution in [1.29, 1.82) is 0 Å². The van der Waals surface area contributed by atoms with Crippen LogP contribution in [0.5, 0.6) is 5.75 Å². The monoisotopic (exact) mass is 492 g/mol. The Morgan fingerprint density at radius 1 is 1.31 bits per heavy atom. The normalized spacial score (nSPS) is 15.8. The molecule has 0 unspecified atom stereocenters. The first-order valence-electron chi connectivity index (χ1n) is 11.3. The summed E-state index contributed by atoms with van der Waals surface area (Å²) in [4.78, 5) is 12.8. The Labute approximate surface area is 203 Å². The quantitative estimate of drug-likeness (QED) is 0.519. The second-order valence-corrected chi connectivity index (χ2v) is 8.81. The van der Waals surface area contributed by atoms with Gasteiger partial charge in [-0.25, -0.2) is 9.97 Å². The number of anilines is 1. The van der Waals surface area contributed by atoms with Gasteiger partial charge < -0.3 is 25.0 Å². The number of pyridine rings is 1. The number of ether oxygens (including phenoxy) is 1. The van der Waals surface area contributed by atoms with Gasteiger partial charge in [-0.3, -0.25) is 4.90 Å². The number of terminal acetylenes is 1. The topological polar surface area (TPSA) is 92.7 Å². The van der Waals surface area contributed by atoms with Gasteiger partial charge in [0, 0.05) is 62.8 Å². The molecule has 8 nitrogen and oxygen atoms in total. The highest BCUT2D eigenvalue weighted by Crippen LogP contribution is 2.32. The van der Waals surface area contributed by atoms with Crippen LogP contribution in [0.15, 0.2) is 30.7 Å². The predicted molar refractivity (Wildman–Crippen MR) is 127 cm³/mol. The van der Waals surface area contributed by atoms with Crippen LogP contribution < -0.4 is 10.5 Å². The Balaban J connectivity index is 1.79. The zero-order valence-electron chi connectivity index (χ0n) is 19.9. The molecule has 0 radical (unpaired) electrons. The van der Waals surface area contributed by atoms with Crippen molar-refractivity contribution in [1.82, 2.24) is 24.3 Å². The molecule has 3 rings (SSSR count). The first kappa shape index (κ1) is 26.4. The standard InChI is InChI=1S/C24H31F3N6O2/c1-5-7-31-9-11-32(12-10-31)17(4)6-8-33-15-19(30-23(33)21(34)16(2)3)18-13-20(22(28)29-14-18)35-24(25,26)27/h1,13-16,21,34H,4,6-12H2,2-3H3,(H2,28,29)/t21-/m0/s1. The van der Waals surface area contributed by atoms with Crippen molar-refractivity contribution in [2.75, 3.05) is 38.5 Å². The summed E-state index contributed by atoms with van der Waals surface area (Å²) in [6.45, 7) is 12.4. The van der Waals surface area contributed by atoms with Gasteiger partial charge in [-0.15, -0.1) is 19.6 Å². The largest absolute Gasteiger partial charge is 0.573 e. The lowest BCUT2D eigenvalue weighted by Gasteiger charge is -2.36. The third-order valence-corrected chi connectivity index (χ3v) is 5.88. The molecule has 35 heavy (non-hydrogen) atoms. The number of hydrogen-bond donors (Lipinski definition) is 2. The van der Waals surface area contributed by atoms with E-state index in [1.54, 1.807) is 10.8 Å². The van der Waals surface area contributed by atoms with Crippen LogP contribution in [0.25, 0.3) is 11.3 Å². The average Bonchev–Trinajstić information content (AvgIpc) is 3.22. The second-order valence-electron chi connectivity index (χ2n) is 8.81. The number of alkyl halides is 3. The Kier molecular flexibility index (Phi) is 8.30. The molecule has 3 heterocycles. The van der Waals surface area contributed by atoms with Crippen LogP contribution in [-0.4, -0.2) is 68.5 Å².